The highest BCUT2D eigenvalue weighted by atomic mass is 31.2. The molecule has 5 N–H and O–H groups in total. The number of hydrogen-bond donors (Lipinski definition) is 5. The molecule has 0 radical (unpaired) electrons. The Labute approximate surface area is 110 Å². The number of benzene rings is 1. The highest BCUT2D eigenvalue weighted by Gasteiger charge is 2.18. The van der Waals surface area contributed by atoms with Gasteiger partial charge in [-0.1, -0.05) is 32.0 Å². The van der Waals surface area contributed by atoms with Gasteiger partial charge < -0.3 is 19.2 Å². The molecule has 19 heavy (non-hydrogen) atoms. The molecule has 0 unspecified atom stereocenters. The summed E-state index contributed by atoms with van der Waals surface area (Å²) in [6.07, 6.45) is 0. The minimum absolute atomic E-state index is 0.165. The zero-order valence-corrected chi connectivity index (χ0v) is 12.0. The topological polar surface area (TPSA) is 145 Å². The summed E-state index contributed by atoms with van der Waals surface area (Å²) in [5.74, 6) is 0.411. The van der Waals surface area contributed by atoms with Crippen molar-refractivity contribution in [2.75, 3.05) is 0 Å². The van der Waals surface area contributed by atoms with Crippen molar-refractivity contribution in [3.8, 4) is 5.75 Å². The lowest BCUT2D eigenvalue weighted by Crippen LogP contribution is -1.96. The van der Waals surface area contributed by atoms with Crippen LogP contribution in [0.3, 0.4) is 0 Å². The number of phosphoric acid groups is 2. The van der Waals surface area contributed by atoms with E-state index in [9.17, 15) is 4.57 Å². The first-order valence-corrected chi connectivity index (χ1v) is 8.12. The fourth-order valence-electron chi connectivity index (χ4n) is 1.17. The summed E-state index contributed by atoms with van der Waals surface area (Å²) in [5.41, 5.74) is 0.788. The molecule has 10 heteroatoms. The Morgan fingerprint density at radius 3 is 1.79 bits per heavy atom. The number of para-hydroxylation sites is 1. The van der Waals surface area contributed by atoms with E-state index in [1.165, 1.54) is 0 Å². The molecule has 1 rings (SSSR count). The Hall–Kier alpha value is -0.720. The van der Waals surface area contributed by atoms with E-state index in [4.69, 9.17) is 29.0 Å². The first-order valence-electron chi connectivity index (χ1n) is 5.02. The van der Waals surface area contributed by atoms with Crippen LogP contribution in [0.5, 0.6) is 5.75 Å². The second kappa shape index (κ2) is 7.17. The second-order valence-electron chi connectivity index (χ2n) is 3.79. The van der Waals surface area contributed by atoms with Crippen LogP contribution in [0.15, 0.2) is 24.3 Å². The van der Waals surface area contributed by atoms with Crippen LogP contribution >= 0.6 is 15.6 Å². The maximum atomic E-state index is 10.6. The van der Waals surface area contributed by atoms with Crippen molar-refractivity contribution >= 4 is 15.6 Å². The lowest BCUT2D eigenvalue weighted by Gasteiger charge is -2.13. The molecule has 0 amide bonds. The molecule has 1 aromatic rings. The molecule has 0 aliphatic carbocycles. The zero-order chi connectivity index (χ0) is 15.3. The van der Waals surface area contributed by atoms with Crippen molar-refractivity contribution in [1.29, 1.82) is 0 Å². The van der Waals surface area contributed by atoms with Crippen molar-refractivity contribution in [1.82, 2.24) is 0 Å². The van der Waals surface area contributed by atoms with Gasteiger partial charge in [-0.15, -0.1) is 0 Å². The van der Waals surface area contributed by atoms with Gasteiger partial charge in [-0.25, -0.2) is 9.13 Å². The van der Waals surface area contributed by atoms with Crippen molar-refractivity contribution < 1.29 is 38.1 Å². The summed E-state index contributed by atoms with van der Waals surface area (Å²) in [6.45, 7) is 3.86. The Bertz CT molecular complexity index is 480. The Kier molecular flexibility index (Phi) is 6.89. The van der Waals surface area contributed by atoms with Gasteiger partial charge in [-0.3, -0.25) is 9.79 Å². The molecule has 0 fully saturated rings. The molecule has 8 nitrogen and oxygen atoms in total. The van der Waals surface area contributed by atoms with Crippen molar-refractivity contribution in [2.45, 2.75) is 19.8 Å². The smallest absolute Gasteiger partial charge is 0.404 e. The van der Waals surface area contributed by atoms with Crippen LogP contribution in [0.25, 0.3) is 0 Å². The van der Waals surface area contributed by atoms with Crippen LogP contribution in [0.1, 0.15) is 25.3 Å². The summed E-state index contributed by atoms with van der Waals surface area (Å²) in [7, 11) is -9.09. The highest BCUT2D eigenvalue weighted by molar-refractivity contribution is 7.46. The summed E-state index contributed by atoms with van der Waals surface area (Å²) < 4.78 is 24.1. The third-order valence-corrected chi connectivity index (χ3v) is 2.19. The molecule has 0 bridgehead atoms. The predicted octanol–water partition coefficient (Wildman–Crippen LogP) is 1.35. The van der Waals surface area contributed by atoms with E-state index in [-0.39, 0.29) is 11.7 Å². The molecule has 0 aromatic heterocycles. The average Bonchev–Trinajstić information content (AvgIpc) is 2.12. The first-order chi connectivity index (χ1) is 8.40. The average molecular weight is 314 g/mol. The Morgan fingerprint density at radius 1 is 1.00 bits per heavy atom. The summed E-state index contributed by atoms with van der Waals surface area (Å²) in [5, 5.41) is 0. The Morgan fingerprint density at radius 2 is 1.42 bits per heavy atom. The van der Waals surface area contributed by atoms with E-state index in [1.807, 2.05) is 19.9 Å². The third-order valence-electron chi connectivity index (χ3n) is 1.76. The SMILES string of the molecule is CC(C)c1ccccc1OP(=O)(O)O.O=P(O)(O)O. The van der Waals surface area contributed by atoms with Gasteiger partial charge in [-0.05, 0) is 17.5 Å². The summed E-state index contributed by atoms with van der Waals surface area (Å²) in [6, 6.07) is 6.82. The molecule has 0 aliphatic heterocycles. The van der Waals surface area contributed by atoms with Crippen LogP contribution in [-0.2, 0) is 9.13 Å². The quantitative estimate of drug-likeness (QED) is 0.526. The lowest BCUT2D eigenvalue weighted by molar-refractivity contribution is 0.274. The van der Waals surface area contributed by atoms with Gasteiger partial charge in [0.25, 0.3) is 0 Å². The minimum atomic E-state index is -4.64. The molecular weight excluding hydrogens is 298 g/mol. The van der Waals surface area contributed by atoms with Gasteiger partial charge in [0.2, 0.25) is 0 Å². The van der Waals surface area contributed by atoms with E-state index < -0.39 is 15.6 Å². The number of hydrogen-bond acceptors (Lipinski definition) is 3. The monoisotopic (exact) mass is 314 g/mol. The van der Waals surface area contributed by atoms with Crippen molar-refractivity contribution in [3.05, 3.63) is 29.8 Å². The molecule has 0 spiro atoms. The molecule has 0 heterocycles. The van der Waals surface area contributed by atoms with E-state index in [1.54, 1.807) is 18.2 Å². The van der Waals surface area contributed by atoms with E-state index >= 15 is 0 Å². The molecule has 0 atom stereocenters. The molecule has 110 valence electrons. The minimum Gasteiger partial charge on any atom is -0.404 e. The van der Waals surface area contributed by atoms with Gasteiger partial charge in [0, 0.05) is 0 Å². The third kappa shape index (κ3) is 10.9. The van der Waals surface area contributed by atoms with Crippen LogP contribution in [0, 0.1) is 0 Å². The number of phosphoric ester groups is 1. The van der Waals surface area contributed by atoms with Crippen LogP contribution in [0.4, 0.5) is 0 Å². The van der Waals surface area contributed by atoms with Crippen molar-refractivity contribution in [3.63, 3.8) is 0 Å². The maximum Gasteiger partial charge on any atom is 0.524 e. The molecular formula is C9H16O8P2. The fourth-order valence-corrected chi connectivity index (χ4v) is 1.59. The summed E-state index contributed by atoms with van der Waals surface area (Å²) in [4.78, 5) is 38.9. The second-order valence-corrected chi connectivity index (χ2v) is 5.98. The van der Waals surface area contributed by atoms with Crippen LogP contribution in [0.2, 0.25) is 0 Å². The lowest BCUT2D eigenvalue weighted by atomic mass is 10.0. The largest absolute Gasteiger partial charge is 0.524 e. The van der Waals surface area contributed by atoms with Crippen LogP contribution in [-0.4, -0.2) is 24.5 Å². The van der Waals surface area contributed by atoms with E-state index in [0.717, 1.165) is 5.56 Å². The summed E-state index contributed by atoms with van der Waals surface area (Å²) >= 11 is 0. The fraction of sp³-hybridized carbons (Fsp3) is 0.333. The first kappa shape index (κ1) is 18.3. The maximum absolute atomic E-state index is 10.6. The molecule has 1 aromatic carbocycles. The van der Waals surface area contributed by atoms with E-state index in [2.05, 4.69) is 4.52 Å². The van der Waals surface area contributed by atoms with Crippen LogP contribution < -0.4 is 4.52 Å². The van der Waals surface area contributed by atoms with Gasteiger partial charge in [-0.2, -0.15) is 0 Å². The standard InChI is InChI=1S/C9H13O4P.H3O4P/c1-7(2)8-5-3-4-6-9(8)13-14(10,11)12;1-5(2,3)4/h3-7H,1-2H3,(H2,10,11,12);(H3,1,2,3,4). The van der Waals surface area contributed by atoms with Gasteiger partial charge >= 0.3 is 15.6 Å². The zero-order valence-electron chi connectivity index (χ0n) is 10.2. The number of rotatable bonds is 3. The molecule has 0 saturated heterocycles. The molecule has 0 saturated carbocycles. The molecule has 0 aliphatic rings. The predicted molar refractivity (Wildman–Crippen MR) is 67.5 cm³/mol. The highest BCUT2D eigenvalue weighted by Crippen LogP contribution is 2.40. The Balaban J connectivity index is 0.000000555. The normalized spacial score (nSPS) is 11.8. The van der Waals surface area contributed by atoms with Gasteiger partial charge in [0.05, 0.1) is 0 Å². The van der Waals surface area contributed by atoms with E-state index in [0.29, 0.717) is 0 Å². The van der Waals surface area contributed by atoms with Gasteiger partial charge in [0.1, 0.15) is 5.75 Å². The van der Waals surface area contributed by atoms with Gasteiger partial charge in [0.15, 0.2) is 0 Å². The van der Waals surface area contributed by atoms with Crippen molar-refractivity contribution in [2.24, 2.45) is 0 Å².